The Morgan fingerprint density at radius 2 is 1.80 bits per heavy atom. The van der Waals surface area contributed by atoms with Crippen LogP contribution in [0.4, 0.5) is 19.4 Å². The topological polar surface area (TPSA) is 106 Å². The van der Waals surface area contributed by atoms with Crippen LogP contribution in [0.5, 0.6) is 5.75 Å². The number of fused-ring (bicyclic) bond motifs is 1. The van der Waals surface area contributed by atoms with Gasteiger partial charge in [0.1, 0.15) is 34.9 Å². The molecule has 0 radical (unpaired) electrons. The number of aromatic nitrogens is 2. The van der Waals surface area contributed by atoms with Gasteiger partial charge in [0.25, 0.3) is 5.91 Å². The molecule has 1 saturated heterocycles. The van der Waals surface area contributed by atoms with E-state index in [4.69, 9.17) is 19.2 Å². The van der Waals surface area contributed by atoms with Crippen LogP contribution in [0.15, 0.2) is 36.5 Å². The van der Waals surface area contributed by atoms with Crippen molar-refractivity contribution in [1.29, 1.82) is 0 Å². The second-order valence-corrected chi connectivity index (χ2v) is 10.8. The largest absolute Gasteiger partial charge is 0.486 e. The van der Waals surface area contributed by atoms with E-state index in [0.717, 1.165) is 18.2 Å². The van der Waals surface area contributed by atoms with E-state index in [2.05, 4.69) is 15.2 Å². The first kappa shape index (κ1) is 29.9. The van der Waals surface area contributed by atoms with Gasteiger partial charge in [-0.15, -0.1) is 0 Å². The molecule has 220 valence electrons. The van der Waals surface area contributed by atoms with Gasteiger partial charge in [0.05, 0.1) is 30.4 Å². The van der Waals surface area contributed by atoms with Crippen LogP contribution in [0.25, 0.3) is 11.0 Å². The number of rotatable bonds is 8. The van der Waals surface area contributed by atoms with Gasteiger partial charge in [0.15, 0.2) is 0 Å². The molecule has 0 aliphatic carbocycles. The van der Waals surface area contributed by atoms with Gasteiger partial charge in [0.2, 0.25) is 0 Å². The van der Waals surface area contributed by atoms with Gasteiger partial charge in [-0.1, -0.05) is 0 Å². The summed E-state index contributed by atoms with van der Waals surface area (Å²) in [5.74, 6) is -1.28. The van der Waals surface area contributed by atoms with Gasteiger partial charge >= 0.3 is 6.09 Å². The number of hydrogen-bond acceptors (Lipinski definition) is 8. The molecule has 1 atom stereocenters. The van der Waals surface area contributed by atoms with Gasteiger partial charge in [-0.3, -0.25) is 9.78 Å². The monoisotopic (exact) mass is 571 g/mol. The van der Waals surface area contributed by atoms with Crippen LogP contribution in [-0.4, -0.2) is 78.9 Å². The number of halogens is 2. The second-order valence-electron chi connectivity index (χ2n) is 10.8. The maximum Gasteiger partial charge on any atom is 0.410 e. The maximum atomic E-state index is 13.8. The molecule has 2 amide bonds. The molecule has 0 saturated carbocycles. The predicted octanol–water partition coefficient (Wildman–Crippen LogP) is 4.48. The smallest absolute Gasteiger partial charge is 0.410 e. The summed E-state index contributed by atoms with van der Waals surface area (Å²) in [6, 6.07) is 6.19. The van der Waals surface area contributed by atoms with E-state index in [1.54, 1.807) is 53.1 Å². The number of anilines is 1. The van der Waals surface area contributed by atoms with Gasteiger partial charge in [-0.25, -0.2) is 18.6 Å². The van der Waals surface area contributed by atoms with Crippen molar-refractivity contribution in [1.82, 2.24) is 20.2 Å². The fourth-order valence-corrected chi connectivity index (χ4v) is 4.25. The average Bonchev–Trinajstić information content (AvgIpc) is 2.90. The Morgan fingerprint density at radius 3 is 2.46 bits per heavy atom. The molecule has 10 nitrogen and oxygen atoms in total. The highest BCUT2D eigenvalue weighted by Crippen LogP contribution is 2.30. The Hall–Kier alpha value is -4.06. The zero-order valence-corrected chi connectivity index (χ0v) is 23.9. The number of morpholine rings is 1. The summed E-state index contributed by atoms with van der Waals surface area (Å²) >= 11 is 0. The summed E-state index contributed by atoms with van der Waals surface area (Å²) in [6.07, 6.45) is 0.410. The van der Waals surface area contributed by atoms with E-state index >= 15 is 0 Å². The molecule has 12 heteroatoms. The minimum Gasteiger partial charge on any atom is -0.486 e. The fraction of sp³-hybridized carbons (Fsp3) is 0.448. The standard InChI is InChI=1S/C29H35F2N5O5/c1-18(40-22-15-20(30)14-21(31)16-22)23-12-19(27(37)32-6-7-35(5)28(38)41-29(2,3)4)13-24-26(23)34-25(17-33-24)36-8-10-39-11-9-36/h12-18H,6-11H2,1-5H3,(H,32,37). The molecular weight excluding hydrogens is 536 g/mol. The Labute approximate surface area is 237 Å². The van der Waals surface area contributed by atoms with Gasteiger partial charge in [-0.2, -0.15) is 0 Å². The quantitative estimate of drug-likeness (QED) is 0.422. The van der Waals surface area contributed by atoms with Crippen molar-refractivity contribution in [3.8, 4) is 5.75 Å². The van der Waals surface area contributed by atoms with Crippen LogP contribution in [0.1, 0.15) is 49.7 Å². The molecule has 0 bridgehead atoms. The normalized spacial score (nSPS) is 14.5. The number of likely N-dealkylation sites (N-methyl/N-ethyl adjacent to an activating group) is 1. The molecule has 4 rings (SSSR count). The average molecular weight is 572 g/mol. The van der Waals surface area contributed by atoms with E-state index in [1.165, 1.54) is 4.90 Å². The zero-order valence-electron chi connectivity index (χ0n) is 23.9. The summed E-state index contributed by atoms with van der Waals surface area (Å²) in [6.45, 7) is 9.90. The van der Waals surface area contributed by atoms with Gasteiger partial charge < -0.3 is 29.3 Å². The van der Waals surface area contributed by atoms with Crippen molar-refractivity contribution in [2.24, 2.45) is 0 Å². The lowest BCUT2D eigenvalue weighted by atomic mass is 10.0. The van der Waals surface area contributed by atoms with Crippen LogP contribution in [0.3, 0.4) is 0 Å². The molecule has 1 N–H and O–H groups in total. The number of hydrogen-bond donors (Lipinski definition) is 1. The van der Waals surface area contributed by atoms with Crippen molar-refractivity contribution < 1.29 is 32.6 Å². The Kier molecular flexibility index (Phi) is 9.21. The number of nitrogens with one attached hydrogen (secondary N) is 1. The minimum atomic E-state index is -0.768. The molecule has 1 unspecified atom stereocenters. The number of carbonyl (C=O) groups excluding carboxylic acids is 2. The van der Waals surface area contributed by atoms with Crippen molar-refractivity contribution >= 4 is 28.9 Å². The van der Waals surface area contributed by atoms with Crippen LogP contribution in [0, 0.1) is 11.6 Å². The van der Waals surface area contributed by atoms with E-state index in [-0.39, 0.29) is 18.8 Å². The lowest BCUT2D eigenvalue weighted by molar-refractivity contribution is 0.0299. The molecule has 1 aliphatic rings. The van der Waals surface area contributed by atoms with E-state index in [1.807, 2.05) is 0 Å². The Bertz CT molecular complexity index is 1390. The molecule has 3 aromatic rings. The highest BCUT2D eigenvalue weighted by atomic mass is 19.1. The summed E-state index contributed by atoms with van der Waals surface area (Å²) in [7, 11) is 1.59. The Balaban J connectivity index is 1.59. The second kappa shape index (κ2) is 12.6. The number of ether oxygens (including phenoxy) is 3. The maximum absolute atomic E-state index is 13.8. The highest BCUT2D eigenvalue weighted by Gasteiger charge is 2.22. The number of nitrogens with zero attached hydrogens (tertiary/aromatic N) is 4. The lowest BCUT2D eigenvalue weighted by Gasteiger charge is -2.28. The fourth-order valence-electron chi connectivity index (χ4n) is 4.25. The molecular formula is C29H35F2N5O5. The summed E-state index contributed by atoms with van der Waals surface area (Å²) in [5, 5.41) is 2.81. The predicted molar refractivity (Wildman–Crippen MR) is 149 cm³/mol. The molecule has 1 fully saturated rings. The van der Waals surface area contributed by atoms with E-state index in [0.29, 0.717) is 54.3 Å². The molecule has 2 heterocycles. The third kappa shape index (κ3) is 8.00. The van der Waals surface area contributed by atoms with E-state index in [9.17, 15) is 18.4 Å². The van der Waals surface area contributed by atoms with Crippen LogP contribution >= 0.6 is 0 Å². The molecule has 0 spiro atoms. The number of benzene rings is 2. The molecule has 41 heavy (non-hydrogen) atoms. The molecule has 1 aromatic heterocycles. The van der Waals surface area contributed by atoms with Crippen molar-refractivity contribution in [3.63, 3.8) is 0 Å². The third-order valence-electron chi connectivity index (χ3n) is 6.29. The van der Waals surface area contributed by atoms with Gasteiger partial charge in [-0.05, 0) is 39.8 Å². The van der Waals surface area contributed by atoms with Crippen molar-refractivity contribution in [2.75, 3.05) is 51.3 Å². The van der Waals surface area contributed by atoms with Crippen LogP contribution in [-0.2, 0) is 9.47 Å². The molecule has 2 aromatic carbocycles. The zero-order chi connectivity index (χ0) is 29.7. The number of amides is 2. The lowest BCUT2D eigenvalue weighted by Crippen LogP contribution is -2.39. The first-order valence-electron chi connectivity index (χ1n) is 13.4. The van der Waals surface area contributed by atoms with Gasteiger partial charge in [0, 0.05) is 62.6 Å². The van der Waals surface area contributed by atoms with Crippen LogP contribution < -0.4 is 15.0 Å². The first-order valence-corrected chi connectivity index (χ1v) is 13.4. The summed E-state index contributed by atoms with van der Waals surface area (Å²) in [5.41, 5.74) is 1.14. The SMILES string of the molecule is CC(Oc1cc(F)cc(F)c1)c1cc(C(=O)NCCN(C)C(=O)OC(C)(C)C)cc2ncc(N3CCOCC3)nc12. The third-order valence-corrected chi connectivity index (χ3v) is 6.29. The van der Waals surface area contributed by atoms with Crippen molar-refractivity contribution in [3.05, 3.63) is 59.3 Å². The minimum absolute atomic E-state index is 0.000442. The Morgan fingerprint density at radius 1 is 1.12 bits per heavy atom. The first-order chi connectivity index (χ1) is 19.4. The van der Waals surface area contributed by atoms with E-state index < -0.39 is 35.3 Å². The highest BCUT2D eigenvalue weighted by molar-refractivity contribution is 5.98. The summed E-state index contributed by atoms with van der Waals surface area (Å²) < 4.78 is 44.3. The van der Waals surface area contributed by atoms with Crippen LogP contribution in [0.2, 0.25) is 0 Å². The summed E-state index contributed by atoms with van der Waals surface area (Å²) in [4.78, 5) is 38.2. The number of carbonyl (C=O) groups is 2. The molecule has 1 aliphatic heterocycles. The van der Waals surface area contributed by atoms with Crippen molar-refractivity contribution in [2.45, 2.75) is 39.4 Å².